The lowest BCUT2D eigenvalue weighted by atomic mass is 10.1. The molecule has 0 saturated heterocycles. The molecule has 0 atom stereocenters. The molecule has 0 bridgehead atoms. The molecule has 1 aliphatic carbocycles. The zero-order valence-electron chi connectivity index (χ0n) is 20.6. The van der Waals surface area contributed by atoms with Crippen molar-refractivity contribution >= 4 is 45.9 Å². The molecule has 0 spiro atoms. The largest absolute Gasteiger partial charge is 0.462 e. The minimum atomic E-state index is -0.603. The van der Waals surface area contributed by atoms with Gasteiger partial charge in [-0.25, -0.2) is 9.18 Å². The monoisotopic (exact) mass is 545 g/mol. The van der Waals surface area contributed by atoms with E-state index in [1.807, 2.05) is 0 Å². The van der Waals surface area contributed by atoms with E-state index in [1.54, 1.807) is 24.6 Å². The Bertz CT molecular complexity index is 1310. The molecule has 4 rings (SSSR count). The van der Waals surface area contributed by atoms with Crippen LogP contribution in [0, 0.1) is 5.82 Å². The molecule has 2 aromatic heterocycles. The molecule has 2 amide bonds. The van der Waals surface area contributed by atoms with Crippen LogP contribution < -0.4 is 10.6 Å². The van der Waals surface area contributed by atoms with E-state index in [2.05, 4.69) is 20.8 Å². The summed E-state index contributed by atoms with van der Waals surface area (Å²) in [4.78, 5) is 38.9. The van der Waals surface area contributed by atoms with Gasteiger partial charge in [0, 0.05) is 11.9 Å². The number of amides is 2. The predicted octanol–water partition coefficient (Wildman–Crippen LogP) is 4.12. The van der Waals surface area contributed by atoms with Gasteiger partial charge < -0.3 is 19.9 Å². The van der Waals surface area contributed by atoms with Gasteiger partial charge in [0.25, 0.3) is 5.91 Å². The highest BCUT2D eigenvalue weighted by Crippen LogP contribution is 2.38. The number of carbonyl (C=O) groups excluding carboxylic acids is 3. The van der Waals surface area contributed by atoms with Crippen LogP contribution in [0.25, 0.3) is 0 Å². The maximum atomic E-state index is 13.8. The number of aryl methyl sites for hydroxylation is 1. The van der Waals surface area contributed by atoms with E-state index in [4.69, 9.17) is 4.74 Å². The van der Waals surface area contributed by atoms with E-state index in [1.165, 1.54) is 41.3 Å². The quantitative estimate of drug-likeness (QED) is 0.236. The first kappa shape index (κ1) is 26.8. The number of anilines is 1. The summed E-state index contributed by atoms with van der Waals surface area (Å²) in [5.41, 5.74) is 1.43. The number of thioether (sulfide) groups is 1. The number of fused-ring (bicyclic) bond motifs is 1. The number of nitrogens with one attached hydrogen (secondary N) is 2. The SMILES string of the molecule is CCOC(=O)c1c(NC(=O)CSc2nnc(CNC(=O)c3ccccc3F)n2C)sc2c1CCCCC2. The van der Waals surface area contributed by atoms with Crippen LogP contribution in [-0.2, 0) is 36.0 Å². The average Bonchev–Trinajstić information content (AvgIpc) is 3.31. The highest BCUT2D eigenvalue weighted by atomic mass is 32.2. The molecule has 0 saturated carbocycles. The first-order valence-electron chi connectivity index (χ1n) is 12.0. The number of thiophene rings is 1. The molecule has 2 heterocycles. The van der Waals surface area contributed by atoms with Crippen LogP contribution in [-0.4, -0.2) is 44.9 Å². The molecule has 2 N–H and O–H groups in total. The van der Waals surface area contributed by atoms with Crippen LogP contribution in [0.4, 0.5) is 9.39 Å². The molecule has 0 aliphatic heterocycles. The first-order valence-corrected chi connectivity index (χ1v) is 13.8. The molecule has 12 heteroatoms. The second-order valence-electron chi connectivity index (χ2n) is 8.45. The van der Waals surface area contributed by atoms with Crippen LogP contribution in [0.15, 0.2) is 29.4 Å². The molecule has 0 fully saturated rings. The molecule has 37 heavy (non-hydrogen) atoms. The zero-order valence-corrected chi connectivity index (χ0v) is 22.3. The van der Waals surface area contributed by atoms with Crippen molar-refractivity contribution in [3.63, 3.8) is 0 Å². The summed E-state index contributed by atoms with van der Waals surface area (Å²) < 4.78 is 20.8. The molecule has 196 valence electrons. The van der Waals surface area contributed by atoms with Crippen molar-refractivity contribution in [3.8, 4) is 0 Å². The third-order valence-corrected chi connectivity index (χ3v) is 8.16. The Hall–Kier alpha value is -3.25. The minimum absolute atomic E-state index is 0.0487. The molecule has 1 aliphatic rings. The fourth-order valence-corrected chi connectivity index (χ4v) is 6.09. The van der Waals surface area contributed by atoms with Crippen LogP contribution in [0.3, 0.4) is 0 Å². The highest BCUT2D eigenvalue weighted by Gasteiger charge is 2.26. The van der Waals surface area contributed by atoms with E-state index in [9.17, 15) is 18.8 Å². The molecular formula is C25H28FN5O4S2. The number of aromatic nitrogens is 3. The van der Waals surface area contributed by atoms with Crippen LogP contribution in [0.2, 0.25) is 0 Å². The fourth-order valence-electron chi connectivity index (χ4n) is 4.07. The second-order valence-corrected chi connectivity index (χ2v) is 10.5. The summed E-state index contributed by atoms with van der Waals surface area (Å²) in [7, 11) is 1.72. The number of hydrogen-bond donors (Lipinski definition) is 2. The topological polar surface area (TPSA) is 115 Å². The number of benzene rings is 1. The van der Waals surface area contributed by atoms with E-state index >= 15 is 0 Å². The van der Waals surface area contributed by atoms with Gasteiger partial charge in [0.2, 0.25) is 5.91 Å². The minimum Gasteiger partial charge on any atom is -0.462 e. The predicted molar refractivity (Wildman–Crippen MR) is 139 cm³/mol. The van der Waals surface area contributed by atoms with Gasteiger partial charge in [-0.2, -0.15) is 0 Å². The van der Waals surface area contributed by atoms with Gasteiger partial charge in [0.15, 0.2) is 11.0 Å². The summed E-state index contributed by atoms with van der Waals surface area (Å²) in [5, 5.41) is 14.7. The lowest BCUT2D eigenvalue weighted by Crippen LogP contribution is -2.25. The number of halogens is 1. The van der Waals surface area contributed by atoms with E-state index in [0.29, 0.717) is 21.5 Å². The molecule has 0 unspecified atom stereocenters. The number of rotatable bonds is 9. The number of nitrogens with zero attached hydrogens (tertiary/aromatic N) is 3. The van der Waals surface area contributed by atoms with Crippen LogP contribution in [0.5, 0.6) is 0 Å². The summed E-state index contributed by atoms with van der Waals surface area (Å²) in [6.07, 6.45) is 4.89. The van der Waals surface area contributed by atoms with Gasteiger partial charge >= 0.3 is 5.97 Å². The Morgan fingerprint density at radius 3 is 2.73 bits per heavy atom. The Kier molecular flexibility index (Phi) is 8.93. The van der Waals surface area contributed by atoms with Crippen molar-refractivity contribution in [3.05, 3.63) is 57.5 Å². The van der Waals surface area contributed by atoms with Gasteiger partial charge in [-0.3, -0.25) is 9.59 Å². The second kappa shape index (κ2) is 12.3. The van der Waals surface area contributed by atoms with Gasteiger partial charge in [0.1, 0.15) is 10.8 Å². The zero-order chi connectivity index (χ0) is 26.4. The Labute approximate surface area is 222 Å². The Morgan fingerprint density at radius 1 is 1.16 bits per heavy atom. The molecule has 1 aromatic carbocycles. The molecular weight excluding hydrogens is 517 g/mol. The summed E-state index contributed by atoms with van der Waals surface area (Å²) in [6, 6.07) is 5.72. The van der Waals surface area contributed by atoms with Crippen molar-refractivity contribution < 1.29 is 23.5 Å². The lowest BCUT2D eigenvalue weighted by molar-refractivity contribution is -0.113. The Balaban J connectivity index is 1.37. The molecule has 9 nitrogen and oxygen atoms in total. The summed E-state index contributed by atoms with van der Waals surface area (Å²) >= 11 is 2.64. The van der Waals surface area contributed by atoms with Crippen molar-refractivity contribution in [1.29, 1.82) is 0 Å². The normalized spacial score (nSPS) is 12.9. The number of carbonyl (C=O) groups is 3. The molecule has 3 aromatic rings. The summed E-state index contributed by atoms with van der Waals surface area (Å²) in [5.74, 6) is -1.32. The van der Waals surface area contributed by atoms with E-state index in [-0.39, 0.29) is 30.4 Å². The van der Waals surface area contributed by atoms with E-state index in [0.717, 1.165) is 42.5 Å². The number of esters is 1. The fraction of sp³-hybridized carbons (Fsp3) is 0.400. The lowest BCUT2D eigenvalue weighted by Gasteiger charge is -2.09. The number of ether oxygens (including phenoxy) is 1. The summed E-state index contributed by atoms with van der Waals surface area (Å²) in [6.45, 7) is 2.08. The third-order valence-electron chi connectivity index (χ3n) is 5.94. The highest BCUT2D eigenvalue weighted by molar-refractivity contribution is 7.99. The first-order chi connectivity index (χ1) is 17.9. The maximum absolute atomic E-state index is 13.8. The number of hydrogen-bond acceptors (Lipinski definition) is 8. The van der Waals surface area contributed by atoms with E-state index < -0.39 is 17.7 Å². The van der Waals surface area contributed by atoms with Gasteiger partial charge in [-0.15, -0.1) is 21.5 Å². The smallest absolute Gasteiger partial charge is 0.341 e. The van der Waals surface area contributed by atoms with Crippen LogP contribution in [0.1, 0.15) is 63.2 Å². The van der Waals surface area contributed by atoms with Gasteiger partial charge in [0.05, 0.1) is 30.0 Å². The average molecular weight is 546 g/mol. The maximum Gasteiger partial charge on any atom is 0.341 e. The van der Waals surface area contributed by atoms with Gasteiger partial charge in [-0.05, 0) is 50.3 Å². The third kappa shape index (κ3) is 6.37. The molecule has 0 radical (unpaired) electrons. The van der Waals surface area contributed by atoms with Crippen molar-refractivity contribution in [2.24, 2.45) is 7.05 Å². The van der Waals surface area contributed by atoms with Crippen molar-refractivity contribution in [2.45, 2.75) is 50.7 Å². The van der Waals surface area contributed by atoms with Gasteiger partial charge in [-0.1, -0.05) is 30.3 Å². The van der Waals surface area contributed by atoms with Crippen molar-refractivity contribution in [2.75, 3.05) is 17.7 Å². The standard InChI is InChI=1S/C25H28FN5O4S2/c1-3-35-24(34)21-16-10-5-4-6-12-18(16)37-23(21)28-20(32)14-36-25-30-29-19(31(25)2)13-27-22(33)15-9-7-8-11-17(15)26/h7-9,11H,3-6,10,12-14H2,1-2H3,(H,27,33)(H,28,32). The Morgan fingerprint density at radius 2 is 1.95 bits per heavy atom. The van der Waals surface area contributed by atoms with Crippen molar-refractivity contribution in [1.82, 2.24) is 20.1 Å². The van der Waals surface area contributed by atoms with Crippen LogP contribution >= 0.6 is 23.1 Å².